The van der Waals surface area contributed by atoms with Gasteiger partial charge in [0.1, 0.15) is 0 Å². The number of carbonyl (C=O) groups excluding carboxylic acids is 1. The standard InChI is InChI=1S/CHB2NOS/c2-4(3)1(5)6/h(H,5,6). The van der Waals surface area contributed by atoms with Gasteiger partial charge in [-0.25, -0.2) is 0 Å². The molecule has 0 saturated carbocycles. The molecule has 0 atom stereocenters. The average Bonchev–Trinajstić information content (AvgIpc) is 1.36. The lowest BCUT2D eigenvalue weighted by molar-refractivity contribution is 0.257. The molecule has 0 fully saturated rings. The summed E-state index contributed by atoms with van der Waals surface area (Å²) in [6, 6.07) is 0. The second-order valence-electron chi connectivity index (χ2n) is 0.690. The minimum Gasteiger partial charge on any atom is -0.440 e. The molecule has 6 heavy (non-hydrogen) atoms. The first-order valence-electron chi connectivity index (χ1n) is 1.17. The Hall–Kier alpha value is -0.0501. The molecule has 4 radical (unpaired) electrons. The molecular formula is CHB2NOS. The molecule has 2 nitrogen and oxygen atoms in total. The van der Waals surface area contributed by atoms with Crippen LogP contribution in [-0.2, 0) is 0 Å². The monoisotopic (exact) mass is 97.0 g/mol. The van der Waals surface area contributed by atoms with Crippen LogP contribution in [0.25, 0.3) is 0 Å². The zero-order valence-electron chi connectivity index (χ0n) is 2.96. The lowest BCUT2D eigenvalue weighted by Gasteiger charge is -2.02. The molecule has 0 aromatic rings. The van der Waals surface area contributed by atoms with Gasteiger partial charge in [-0.2, -0.15) is 0 Å². The van der Waals surface area contributed by atoms with Crippen molar-refractivity contribution in [2.75, 3.05) is 0 Å². The molecule has 1 amide bonds. The maximum atomic E-state index is 9.68. The van der Waals surface area contributed by atoms with E-state index in [-0.39, 0.29) is 0 Å². The molecular weight excluding hydrogens is 95.7 g/mol. The third-order valence-corrected chi connectivity index (χ3v) is 0.452. The smallest absolute Gasteiger partial charge is 0.252 e. The number of hydrogen-bond donors (Lipinski definition) is 1. The molecule has 0 aliphatic carbocycles. The zero-order chi connectivity index (χ0) is 5.15. The molecule has 5 heteroatoms. The Balaban J connectivity index is 3.26. The van der Waals surface area contributed by atoms with Gasteiger partial charge in [0.2, 0.25) is 16.0 Å². The van der Waals surface area contributed by atoms with Gasteiger partial charge in [0.25, 0.3) is 5.24 Å². The van der Waals surface area contributed by atoms with E-state index < -0.39 is 5.24 Å². The molecule has 0 saturated heterocycles. The van der Waals surface area contributed by atoms with Crippen molar-refractivity contribution in [2.24, 2.45) is 0 Å². The van der Waals surface area contributed by atoms with Crippen molar-refractivity contribution in [1.29, 1.82) is 0 Å². The largest absolute Gasteiger partial charge is 0.440 e. The average molecular weight is 96.7 g/mol. The topological polar surface area (TPSA) is 20.3 Å². The highest BCUT2D eigenvalue weighted by atomic mass is 32.1. The fraction of sp³-hybridized carbons (Fsp3) is 0. The summed E-state index contributed by atoms with van der Waals surface area (Å²) in [5, 5.41) is -0.657. The molecule has 0 spiro atoms. The maximum absolute atomic E-state index is 9.68. The lowest BCUT2D eigenvalue weighted by Crippen LogP contribution is -2.17. The Bertz CT molecular complexity index is 64.6. The molecule has 0 aromatic heterocycles. The molecule has 0 aromatic carbocycles. The van der Waals surface area contributed by atoms with Crippen LogP contribution in [0.5, 0.6) is 0 Å². The fourth-order valence-corrected chi connectivity index (χ4v) is 0. The molecule has 0 aliphatic heterocycles. The first-order valence-corrected chi connectivity index (χ1v) is 1.61. The van der Waals surface area contributed by atoms with Crippen molar-refractivity contribution >= 4 is 33.8 Å². The quantitative estimate of drug-likeness (QED) is 0.319. The molecule has 0 N–H and O–H groups in total. The minimum atomic E-state index is -0.657. The van der Waals surface area contributed by atoms with Crippen LogP contribution >= 0.6 is 12.6 Å². The maximum Gasteiger partial charge on any atom is 0.252 e. The van der Waals surface area contributed by atoms with Crippen molar-refractivity contribution in [3.63, 3.8) is 0 Å². The summed E-state index contributed by atoms with van der Waals surface area (Å²) >= 11 is 3.23. The second kappa shape index (κ2) is 2.18. The van der Waals surface area contributed by atoms with Gasteiger partial charge in [-0.05, 0) is 0 Å². The van der Waals surface area contributed by atoms with Crippen LogP contribution in [0.15, 0.2) is 0 Å². The van der Waals surface area contributed by atoms with E-state index in [1.54, 1.807) is 0 Å². The summed E-state index contributed by atoms with van der Waals surface area (Å²) in [4.78, 5) is 9.68. The highest BCUT2D eigenvalue weighted by molar-refractivity contribution is 7.96. The Morgan fingerprint density at radius 2 is 1.83 bits per heavy atom. The predicted octanol–water partition coefficient (Wildman–Crippen LogP) is -0.495. The van der Waals surface area contributed by atoms with E-state index >= 15 is 0 Å². The highest BCUT2D eigenvalue weighted by Gasteiger charge is 1.88. The number of nitrogens with zero attached hydrogens (tertiary/aromatic N) is 1. The van der Waals surface area contributed by atoms with Gasteiger partial charge in [0.15, 0.2) is 0 Å². The van der Waals surface area contributed by atoms with Crippen molar-refractivity contribution in [3.05, 3.63) is 0 Å². The van der Waals surface area contributed by atoms with Crippen LogP contribution in [0, 0.1) is 0 Å². The van der Waals surface area contributed by atoms with Gasteiger partial charge in [-0.15, -0.1) is 0 Å². The number of rotatable bonds is 0. The molecule has 0 unspecified atom stereocenters. The van der Waals surface area contributed by atoms with Crippen LogP contribution < -0.4 is 0 Å². The van der Waals surface area contributed by atoms with Crippen molar-refractivity contribution in [3.8, 4) is 0 Å². The third kappa shape index (κ3) is 2.20. The number of carbonyl (C=O) groups is 1. The summed E-state index contributed by atoms with van der Waals surface area (Å²) in [7, 11) is 9.24. The third-order valence-electron chi connectivity index (χ3n) is 0.221. The highest BCUT2D eigenvalue weighted by Crippen LogP contribution is 1.80. The van der Waals surface area contributed by atoms with E-state index in [0.717, 1.165) is 0 Å². The number of thiol groups is 1. The summed E-state index contributed by atoms with van der Waals surface area (Å²) in [6.45, 7) is 0. The van der Waals surface area contributed by atoms with Gasteiger partial charge in [0.05, 0.1) is 0 Å². The van der Waals surface area contributed by atoms with Gasteiger partial charge < -0.3 is 4.72 Å². The van der Waals surface area contributed by atoms with Crippen LogP contribution in [0.1, 0.15) is 0 Å². The van der Waals surface area contributed by atoms with E-state index in [4.69, 9.17) is 0 Å². The Morgan fingerprint density at radius 1 is 1.67 bits per heavy atom. The van der Waals surface area contributed by atoms with Crippen LogP contribution in [0.2, 0.25) is 0 Å². The van der Waals surface area contributed by atoms with Gasteiger partial charge in [-0.1, -0.05) is 12.6 Å². The summed E-state index contributed by atoms with van der Waals surface area (Å²) < 4.78 is 0.392. The summed E-state index contributed by atoms with van der Waals surface area (Å²) in [5.41, 5.74) is 0. The lowest BCUT2D eigenvalue weighted by atomic mass is 10.2. The first kappa shape index (κ1) is 5.95. The minimum absolute atomic E-state index is 0.392. The summed E-state index contributed by atoms with van der Waals surface area (Å²) in [6.07, 6.45) is 0. The van der Waals surface area contributed by atoms with Crippen LogP contribution in [0.4, 0.5) is 4.79 Å². The molecule has 0 rings (SSSR count). The number of amides is 1. The Kier molecular flexibility index (Phi) is 2.16. The Labute approximate surface area is 44.2 Å². The van der Waals surface area contributed by atoms with Gasteiger partial charge >= 0.3 is 0 Å². The Morgan fingerprint density at radius 3 is 1.83 bits per heavy atom. The van der Waals surface area contributed by atoms with Gasteiger partial charge in [-0.3, -0.25) is 4.79 Å². The van der Waals surface area contributed by atoms with E-state index in [0.29, 0.717) is 4.72 Å². The van der Waals surface area contributed by atoms with Crippen molar-refractivity contribution in [2.45, 2.75) is 0 Å². The van der Waals surface area contributed by atoms with Crippen molar-refractivity contribution < 1.29 is 4.79 Å². The molecule has 0 heterocycles. The molecule has 28 valence electrons. The zero-order valence-corrected chi connectivity index (χ0v) is 3.85. The first-order chi connectivity index (χ1) is 2.64. The molecule has 0 bridgehead atoms. The van der Waals surface area contributed by atoms with Crippen molar-refractivity contribution in [1.82, 2.24) is 4.72 Å². The second-order valence-corrected chi connectivity index (χ2v) is 1.07. The fourth-order valence-electron chi connectivity index (χ4n) is 0. The summed E-state index contributed by atoms with van der Waals surface area (Å²) in [5.74, 6) is 0. The van der Waals surface area contributed by atoms with E-state index in [9.17, 15) is 4.79 Å². The normalized spacial score (nSPS) is 7.50. The van der Waals surface area contributed by atoms with E-state index in [1.807, 2.05) is 0 Å². The number of hydrogen-bond acceptors (Lipinski definition) is 1. The van der Waals surface area contributed by atoms with Gasteiger partial charge in [0, 0.05) is 0 Å². The van der Waals surface area contributed by atoms with E-state index in [2.05, 4.69) is 28.6 Å². The van der Waals surface area contributed by atoms with Crippen LogP contribution in [0.3, 0.4) is 0 Å². The SMILES string of the molecule is [B]N([B])C(=O)S. The van der Waals surface area contributed by atoms with Crippen LogP contribution in [-0.4, -0.2) is 25.9 Å². The van der Waals surface area contributed by atoms with E-state index in [1.165, 1.54) is 0 Å². The predicted molar refractivity (Wildman–Crippen MR) is 27.7 cm³/mol. The molecule has 0 aliphatic rings.